The average molecular weight is 298 g/mol. The molecule has 22 heavy (non-hydrogen) atoms. The van der Waals surface area contributed by atoms with Crippen molar-refractivity contribution in [2.45, 2.75) is 33.2 Å². The zero-order chi connectivity index (χ0) is 18.1. The number of aromatic nitrogens is 5. The van der Waals surface area contributed by atoms with Gasteiger partial charge in [-0.2, -0.15) is 4.58 Å². The van der Waals surface area contributed by atoms with E-state index in [1.807, 2.05) is 35.8 Å². The summed E-state index contributed by atoms with van der Waals surface area (Å²) in [6.45, 7) is 3.92. The van der Waals surface area contributed by atoms with Crippen LogP contribution < -0.4 is 4.58 Å². The first-order valence-electron chi connectivity index (χ1n) is 8.66. The average Bonchev–Trinajstić information content (AvgIpc) is 3.13. The van der Waals surface area contributed by atoms with Gasteiger partial charge in [-0.15, -0.1) is 4.98 Å². The molecule has 0 radical (unpaired) electrons. The Balaban J connectivity index is 2.02. The monoisotopic (exact) mass is 298 g/mol. The zero-order valence-corrected chi connectivity index (χ0v) is 13.0. The minimum absolute atomic E-state index is 0.0392. The summed E-state index contributed by atoms with van der Waals surface area (Å²) in [5.41, 5.74) is 2.61. The van der Waals surface area contributed by atoms with Crippen molar-refractivity contribution in [3.05, 3.63) is 30.1 Å². The molecule has 0 atom stereocenters. The Hall–Kier alpha value is -2.50. The second-order valence-electron chi connectivity index (χ2n) is 6.10. The lowest BCUT2D eigenvalue weighted by Crippen LogP contribution is -2.32. The van der Waals surface area contributed by atoms with Gasteiger partial charge in [0.05, 0.1) is 5.71 Å². The predicted molar refractivity (Wildman–Crippen MR) is 86.9 cm³/mol. The number of nitrogens with zero attached hydrogens (tertiary/aromatic N) is 6. The van der Waals surface area contributed by atoms with Gasteiger partial charge in [-0.25, -0.2) is 9.13 Å². The van der Waals surface area contributed by atoms with Gasteiger partial charge in [-0.3, -0.25) is 0 Å². The molecule has 3 aromatic rings. The van der Waals surface area contributed by atoms with Gasteiger partial charge in [0.25, 0.3) is 0 Å². The summed E-state index contributed by atoms with van der Waals surface area (Å²) in [5.74, 6) is 1.13. The van der Waals surface area contributed by atoms with Gasteiger partial charge >= 0.3 is 11.9 Å². The first-order chi connectivity index (χ1) is 11.6. The van der Waals surface area contributed by atoms with Crippen LogP contribution >= 0.6 is 0 Å². The van der Waals surface area contributed by atoms with E-state index in [2.05, 4.69) is 28.6 Å². The number of fused-ring (bicyclic) bond motifs is 3. The van der Waals surface area contributed by atoms with Crippen LogP contribution in [-0.4, -0.2) is 30.0 Å². The van der Waals surface area contributed by atoms with Crippen LogP contribution in [-0.2, 0) is 12.6 Å². The van der Waals surface area contributed by atoms with Crippen molar-refractivity contribution in [3.63, 3.8) is 0 Å². The Morgan fingerprint density at radius 2 is 1.95 bits per heavy atom. The van der Waals surface area contributed by atoms with E-state index in [9.17, 15) is 0 Å². The molecule has 1 aliphatic rings. The van der Waals surface area contributed by atoms with Crippen LogP contribution in [0.15, 0.2) is 24.3 Å². The third kappa shape index (κ3) is 1.44. The Bertz CT molecular complexity index is 1040. The Kier molecular flexibility index (Phi) is 1.88. The van der Waals surface area contributed by atoms with E-state index in [0.717, 1.165) is 22.7 Å². The Labute approximate surface area is 133 Å². The summed E-state index contributed by atoms with van der Waals surface area (Å²) >= 11 is 0. The lowest BCUT2D eigenvalue weighted by molar-refractivity contribution is 0.528. The molecule has 1 aliphatic heterocycles. The number of hydrogen-bond acceptors (Lipinski definition) is 3. The van der Waals surface area contributed by atoms with Gasteiger partial charge in [0.2, 0.25) is 0 Å². The van der Waals surface area contributed by atoms with E-state index < -0.39 is 6.85 Å². The quantitative estimate of drug-likeness (QED) is 0.649. The van der Waals surface area contributed by atoms with Gasteiger partial charge in [-0.1, -0.05) is 17.2 Å². The summed E-state index contributed by atoms with van der Waals surface area (Å²) in [7, 11) is 1.67. The van der Waals surface area contributed by atoms with Gasteiger partial charge in [0.15, 0.2) is 5.82 Å². The summed E-state index contributed by atoms with van der Waals surface area (Å²) in [6, 6.07) is 7.94. The minimum Gasteiger partial charge on any atom is -0.248 e. The molecule has 3 heterocycles. The molecule has 0 spiro atoms. The number of imidazole rings is 1. The minimum atomic E-state index is -2.32. The van der Waals surface area contributed by atoms with E-state index >= 15 is 0 Å². The van der Waals surface area contributed by atoms with E-state index in [0.29, 0.717) is 5.95 Å². The van der Waals surface area contributed by atoms with Crippen molar-refractivity contribution in [1.82, 2.24) is 28.9 Å². The van der Waals surface area contributed by atoms with Crippen LogP contribution in [0.5, 0.6) is 0 Å². The molecule has 0 bridgehead atoms. The molecule has 1 aromatic carbocycles. The van der Waals surface area contributed by atoms with Crippen molar-refractivity contribution < 1.29 is 4.11 Å². The summed E-state index contributed by atoms with van der Waals surface area (Å²) in [5, 5.41) is 8.05. The maximum absolute atomic E-state index is 7.62. The van der Waals surface area contributed by atoms with Crippen LogP contribution in [0.2, 0.25) is 0 Å². The second-order valence-corrected chi connectivity index (χ2v) is 6.10. The SMILES string of the molecule is [2H]C([2H])([2H])c1nnc([N+]2=C(C)C(C)(C)n3c2nc2ccccc23)n1C. The number of aryl methyl sites for hydroxylation is 1. The molecule has 0 aliphatic carbocycles. The molecule has 112 valence electrons. The molecule has 2 aromatic heterocycles. The highest BCUT2D eigenvalue weighted by atomic mass is 15.4. The molecule has 0 saturated carbocycles. The van der Waals surface area contributed by atoms with Crippen molar-refractivity contribution in [3.8, 4) is 0 Å². The smallest absolute Gasteiger partial charge is 0.248 e. The molecular formula is C16H19N6+. The highest BCUT2D eigenvalue weighted by Crippen LogP contribution is 2.37. The number of rotatable bonds is 1. The maximum atomic E-state index is 7.62. The number of benzene rings is 1. The first kappa shape index (κ1) is 10.3. The fourth-order valence-electron chi connectivity index (χ4n) is 3.05. The van der Waals surface area contributed by atoms with Crippen molar-refractivity contribution in [2.24, 2.45) is 7.05 Å². The fraction of sp³-hybridized carbons (Fsp3) is 0.375. The molecule has 6 nitrogen and oxygen atoms in total. The fourth-order valence-corrected chi connectivity index (χ4v) is 3.05. The maximum Gasteiger partial charge on any atom is 0.355 e. The molecule has 0 unspecified atom stereocenters. The highest BCUT2D eigenvalue weighted by Gasteiger charge is 2.44. The second kappa shape index (κ2) is 4.03. The van der Waals surface area contributed by atoms with Crippen molar-refractivity contribution in [1.29, 1.82) is 0 Å². The van der Waals surface area contributed by atoms with Crippen LogP contribution in [0, 0.1) is 6.85 Å². The van der Waals surface area contributed by atoms with Crippen LogP contribution in [0.25, 0.3) is 11.0 Å². The number of hydrogen-bond donors (Lipinski definition) is 0. The topological polar surface area (TPSA) is 51.5 Å². The first-order valence-corrected chi connectivity index (χ1v) is 7.16. The van der Waals surface area contributed by atoms with Gasteiger partial charge in [0.1, 0.15) is 16.6 Å². The van der Waals surface area contributed by atoms with E-state index in [1.165, 1.54) is 4.57 Å². The molecule has 4 rings (SSSR count). The normalized spacial score (nSPS) is 19.2. The van der Waals surface area contributed by atoms with Crippen LogP contribution in [0.3, 0.4) is 0 Å². The highest BCUT2D eigenvalue weighted by molar-refractivity contribution is 5.99. The van der Waals surface area contributed by atoms with Crippen LogP contribution in [0.1, 0.15) is 30.7 Å². The van der Waals surface area contributed by atoms with Gasteiger partial charge in [-0.05, 0) is 38.0 Å². The van der Waals surface area contributed by atoms with Gasteiger partial charge in [0, 0.05) is 18.0 Å². The largest absolute Gasteiger partial charge is 0.355 e. The lowest BCUT2D eigenvalue weighted by atomic mass is 10.00. The summed E-state index contributed by atoms with van der Waals surface area (Å²) < 4.78 is 28.4. The summed E-state index contributed by atoms with van der Waals surface area (Å²) in [6.07, 6.45) is 0. The number of para-hydroxylation sites is 2. The molecule has 0 amide bonds. The molecule has 6 heteroatoms. The van der Waals surface area contributed by atoms with Crippen LogP contribution in [0.4, 0.5) is 11.9 Å². The third-order valence-electron chi connectivity index (χ3n) is 4.57. The van der Waals surface area contributed by atoms with E-state index in [-0.39, 0.29) is 11.4 Å². The van der Waals surface area contributed by atoms with Crippen molar-refractivity contribution >= 4 is 28.6 Å². The Morgan fingerprint density at radius 1 is 1.18 bits per heavy atom. The van der Waals surface area contributed by atoms with E-state index in [1.54, 1.807) is 7.05 Å². The molecule has 0 fully saturated rings. The molecular weight excluding hydrogens is 276 g/mol. The third-order valence-corrected chi connectivity index (χ3v) is 4.57. The van der Waals surface area contributed by atoms with Gasteiger partial charge < -0.3 is 0 Å². The predicted octanol–water partition coefficient (Wildman–Crippen LogP) is 2.52. The standard InChI is InChI=1S/C16H19N6/c1-10-16(3,4)22-13-9-7-6-8-12(13)17-14(22)21(10)15-19-18-11(2)20(15)5/h6-9H,1-5H3/q+1/i2D3. The summed E-state index contributed by atoms with van der Waals surface area (Å²) in [4.78, 5) is 4.76. The molecule has 0 N–H and O–H groups in total. The molecule has 0 saturated heterocycles. The Morgan fingerprint density at radius 3 is 2.68 bits per heavy atom. The van der Waals surface area contributed by atoms with Crippen molar-refractivity contribution in [2.75, 3.05) is 0 Å². The zero-order valence-electron chi connectivity index (χ0n) is 16.0. The van der Waals surface area contributed by atoms with E-state index in [4.69, 9.17) is 9.10 Å². The lowest BCUT2D eigenvalue weighted by Gasteiger charge is -2.19.